The van der Waals surface area contributed by atoms with Crippen molar-refractivity contribution in [3.63, 3.8) is 0 Å². The number of carbonyl (C=O) groups is 5. The Morgan fingerprint density at radius 2 is 1.33 bits per heavy atom. The highest BCUT2D eigenvalue weighted by Crippen LogP contribution is 2.15. The van der Waals surface area contributed by atoms with Crippen LogP contribution in [-0.4, -0.2) is 29.4 Å². The molecule has 0 aromatic rings. The lowest BCUT2D eigenvalue weighted by Gasteiger charge is -2.16. The Balaban J connectivity index is 4.79. The van der Waals surface area contributed by atoms with Gasteiger partial charge in [0.2, 0.25) is 0 Å². The molecule has 0 heterocycles. The maximum atomic E-state index is 11.9. The van der Waals surface area contributed by atoms with Gasteiger partial charge in [0.15, 0.2) is 11.6 Å². The molecule has 0 aliphatic rings. The summed E-state index contributed by atoms with van der Waals surface area (Å²) in [6, 6.07) is 0. The molecule has 0 fully saturated rings. The van der Waals surface area contributed by atoms with Crippen molar-refractivity contribution in [1.29, 1.82) is 0 Å². The second-order valence-electron chi connectivity index (χ2n) is 4.42. The molecule has 0 bridgehead atoms. The molecule has 0 aliphatic heterocycles. The molecule has 5 heteroatoms. The minimum atomic E-state index is -1.01. The van der Waals surface area contributed by atoms with Crippen molar-refractivity contribution in [1.82, 2.24) is 0 Å². The molecular formula is C13H18O5. The van der Waals surface area contributed by atoms with E-state index in [1.165, 1.54) is 27.7 Å². The zero-order valence-corrected chi connectivity index (χ0v) is 11.1. The fourth-order valence-corrected chi connectivity index (χ4v) is 1.51. The van der Waals surface area contributed by atoms with E-state index >= 15 is 0 Å². The van der Waals surface area contributed by atoms with Crippen LogP contribution in [0.25, 0.3) is 0 Å². The molecule has 0 amide bonds. The maximum Gasteiger partial charge on any atom is 0.153 e. The van der Waals surface area contributed by atoms with Crippen molar-refractivity contribution >= 4 is 29.4 Å². The van der Waals surface area contributed by atoms with Crippen LogP contribution >= 0.6 is 0 Å². The molecule has 0 aliphatic carbocycles. The van der Waals surface area contributed by atoms with Crippen LogP contribution in [0.2, 0.25) is 0 Å². The van der Waals surface area contributed by atoms with Crippen LogP contribution in [0, 0.1) is 17.8 Å². The first-order valence-electron chi connectivity index (χ1n) is 5.78. The molecular weight excluding hydrogens is 236 g/mol. The van der Waals surface area contributed by atoms with Crippen LogP contribution in [-0.2, 0) is 24.0 Å². The van der Waals surface area contributed by atoms with Gasteiger partial charge in [-0.2, -0.15) is 0 Å². The molecule has 3 unspecified atom stereocenters. The Morgan fingerprint density at radius 1 is 0.889 bits per heavy atom. The Labute approximate surface area is 106 Å². The first kappa shape index (κ1) is 16.4. The molecule has 3 atom stereocenters. The zero-order valence-electron chi connectivity index (χ0n) is 11.1. The first-order chi connectivity index (χ1) is 8.23. The molecule has 100 valence electrons. The van der Waals surface area contributed by atoms with Gasteiger partial charge in [-0.1, -0.05) is 0 Å². The summed E-state index contributed by atoms with van der Waals surface area (Å²) in [5, 5.41) is 0. The summed E-state index contributed by atoms with van der Waals surface area (Å²) < 4.78 is 0. The molecule has 0 aromatic carbocycles. The normalized spacial score (nSPS) is 15.3. The lowest BCUT2D eigenvalue weighted by molar-refractivity contribution is -0.140. The van der Waals surface area contributed by atoms with Gasteiger partial charge in [-0.05, 0) is 27.7 Å². The molecule has 5 nitrogen and oxygen atoms in total. The maximum absolute atomic E-state index is 11.9. The summed E-state index contributed by atoms with van der Waals surface area (Å²) in [6.07, 6.45) is 0.0902. The summed E-state index contributed by atoms with van der Waals surface area (Å²) in [7, 11) is 0. The highest BCUT2D eigenvalue weighted by Gasteiger charge is 2.33. The number of rotatable bonds is 8. The molecule has 0 aromatic heterocycles. The number of hydrogen-bond acceptors (Lipinski definition) is 5. The van der Waals surface area contributed by atoms with Crippen molar-refractivity contribution in [3.8, 4) is 0 Å². The van der Waals surface area contributed by atoms with E-state index in [1.54, 1.807) is 0 Å². The van der Waals surface area contributed by atoms with E-state index in [-0.39, 0.29) is 12.2 Å². The number of ketones is 4. The van der Waals surface area contributed by atoms with Crippen molar-refractivity contribution in [2.45, 2.75) is 34.1 Å². The Kier molecular flexibility index (Phi) is 6.30. The van der Waals surface area contributed by atoms with Gasteiger partial charge >= 0.3 is 0 Å². The van der Waals surface area contributed by atoms with Crippen LogP contribution in [0.4, 0.5) is 0 Å². The number of carbonyl (C=O) groups excluding carboxylic acids is 5. The minimum Gasteiger partial charge on any atom is -0.303 e. The van der Waals surface area contributed by atoms with Gasteiger partial charge in [0.05, 0.1) is 24.2 Å². The molecule has 18 heavy (non-hydrogen) atoms. The van der Waals surface area contributed by atoms with E-state index in [9.17, 15) is 24.0 Å². The molecule has 0 rings (SSSR count). The highest BCUT2D eigenvalue weighted by molar-refractivity contribution is 6.16. The van der Waals surface area contributed by atoms with Crippen LogP contribution in [0.15, 0.2) is 0 Å². The van der Waals surface area contributed by atoms with E-state index in [1.807, 2.05) is 0 Å². The number of aldehydes is 1. The van der Waals surface area contributed by atoms with E-state index in [0.29, 0.717) is 6.29 Å². The van der Waals surface area contributed by atoms with Crippen molar-refractivity contribution in [2.24, 2.45) is 17.8 Å². The Hall–Kier alpha value is -1.65. The van der Waals surface area contributed by atoms with E-state index < -0.39 is 35.1 Å². The summed E-state index contributed by atoms with van der Waals surface area (Å²) in [6.45, 7) is 5.47. The topological polar surface area (TPSA) is 85.3 Å². The van der Waals surface area contributed by atoms with Gasteiger partial charge in [0.1, 0.15) is 17.9 Å². The largest absolute Gasteiger partial charge is 0.303 e. The Morgan fingerprint density at radius 3 is 1.72 bits per heavy atom. The molecule has 0 N–H and O–H groups in total. The second-order valence-corrected chi connectivity index (χ2v) is 4.42. The fourth-order valence-electron chi connectivity index (χ4n) is 1.51. The van der Waals surface area contributed by atoms with Crippen LogP contribution in [0.3, 0.4) is 0 Å². The van der Waals surface area contributed by atoms with Gasteiger partial charge < -0.3 is 4.79 Å². The first-order valence-corrected chi connectivity index (χ1v) is 5.78. The third-order valence-electron chi connectivity index (χ3n) is 3.08. The monoisotopic (exact) mass is 254 g/mol. The van der Waals surface area contributed by atoms with E-state index in [2.05, 4.69) is 0 Å². The summed E-state index contributed by atoms with van der Waals surface area (Å²) in [5.41, 5.74) is 0. The quantitative estimate of drug-likeness (QED) is 0.472. The van der Waals surface area contributed by atoms with Crippen molar-refractivity contribution < 1.29 is 24.0 Å². The standard InChI is InChI=1S/C13H18O5/c1-7(10(4)15)12(17)9(3)13(18)8(2)11(16)5-6-14/h6-9H,5H2,1-4H3. The lowest BCUT2D eigenvalue weighted by atomic mass is 9.84. The predicted octanol–water partition coefficient (Wildman–Crippen LogP) is 0.780. The third kappa shape index (κ3) is 3.98. The third-order valence-corrected chi connectivity index (χ3v) is 3.08. The number of hydrogen-bond donors (Lipinski definition) is 0. The average molecular weight is 254 g/mol. The smallest absolute Gasteiger partial charge is 0.153 e. The average Bonchev–Trinajstić information content (AvgIpc) is 2.34. The second kappa shape index (κ2) is 6.93. The minimum absolute atomic E-state index is 0.313. The summed E-state index contributed by atoms with van der Waals surface area (Å²) >= 11 is 0. The van der Waals surface area contributed by atoms with Crippen LogP contribution < -0.4 is 0 Å². The molecule has 0 spiro atoms. The van der Waals surface area contributed by atoms with Gasteiger partial charge in [-0.25, -0.2) is 0 Å². The van der Waals surface area contributed by atoms with Crippen molar-refractivity contribution in [2.75, 3.05) is 0 Å². The summed E-state index contributed by atoms with van der Waals surface area (Å²) in [5.74, 6) is -4.70. The van der Waals surface area contributed by atoms with Crippen LogP contribution in [0.1, 0.15) is 34.1 Å². The van der Waals surface area contributed by atoms with Crippen molar-refractivity contribution in [3.05, 3.63) is 0 Å². The zero-order chi connectivity index (χ0) is 14.5. The Bertz CT molecular complexity index is 383. The van der Waals surface area contributed by atoms with Gasteiger partial charge in [0.25, 0.3) is 0 Å². The van der Waals surface area contributed by atoms with Gasteiger partial charge in [-0.3, -0.25) is 19.2 Å². The fraction of sp³-hybridized carbons (Fsp3) is 0.615. The van der Waals surface area contributed by atoms with Gasteiger partial charge in [0, 0.05) is 0 Å². The van der Waals surface area contributed by atoms with Crippen LogP contribution in [0.5, 0.6) is 0 Å². The highest BCUT2D eigenvalue weighted by atomic mass is 16.2. The lowest BCUT2D eigenvalue weighted by Crippen LogP contribution is -2.35. The molecule has 0 saturated carbocycles. The predicted molar refractivity (Wildman–Crippen MR) is 63.9 cm³/mol. The molecule has 0 saturated heterocycles. The molecule has 0 radical (unpaired) electrons. The SMILES string of the molecule is CC(=O)C(C)C(=O)C(C)C(=O)C(C)C(=O)CC=O. The van der Waals surface area contributed by atoms with E-state index in [4.69, 9.17) is 0 Å². The summed E-state index contributed by atoms with van der Waals surface area (Å²) in [4.78, 5) is 56.3. The number of Topliss-reactive ketones (excluding diaryl/α,β-unsaturated/α-hetero) is 4. The van der Waals surface area contributed by atoms with Gasteiger partial charge in [-0.15, -0.1) is 0 Å². The van der Waals surface area contributed by atoms with E-state index in [0.717, 1.165) is 0 Å².